The van der Waals surface area contributed by atoms with Gasteiger partial charge in [0.1, 0.15) is 0 Å². The lowest BCUT2D eigenvalue weighted by molar-refractivity contribution is -0.145. The zero-order chi connectivity index (χ0) is 20.9. The SMILES string of the molecule is CCCCc1ccc(NS(=O)(=O)c2cccc(C(=O)O[C@@H]3CCOC3=O)c2)cc1. The van der Waals surface area contributed by atoms with Crippen LogP contribution >= 0.6 is 0 Å². The molecule has 1 heterocycles. The summed E-state index contributed by atoms with van der Waals surface area (Å²) in [6.45, 7) is 2.32. The standard InChI is InChI=1S/C21H23NO6S/c1-2-3-5-15-8-10-17(11-9-15)22-29(25,26)18-7-4-6-16(14-18)20(23)28-19-12-13-27-21(19)24/h4,6-11,14,19,22H,2-3,5,12-13H2,1H3/t19-/m1/s1. The van der Waals surface area contributed by atoms with Crippen LogP contribution in [0, 0.1) is 0 Å². The quantitative estimate of drug-likeness (QED) is 0.662. The number of unbranched alkanes of at least 4 members (excludes halogenated alkanes) is 1. The summed E-state index contributed by atoms with van der Waals surface area (Å²) in [7, 11) is -3.89. The molecule has 1 saturated heterocycles. The molecule has 0 saturated carbocycles. The summed E-state index contributed by atoms with van der Waals surface area (Å²) < 4.78 is 37.8. The minimum Gasteiger partial charge on any atom is -0.463 e. The monoisotopic (exact) mass is 417 g/mol. The summed E-state index contributed by atoms with van der Waals surface area (Å²) in [4.78, 5) is 23.6. The van der Waals surface area contributed by atoms with Crippen molar-refractivity contribution in [3.05, 3.63) is 59.7 Å². The van der Waals surface area contributed by atoms with E-state index in [1.165, 1.54) is 24.3 Å². The van der Waals surface area contributed by atoms with Gasteiger partial charge in [-0.3, -0.25) is 4.72 Å². The van der Waals surface area contributed by atoms with Gasteiger partial charge in [0, 0.05) is 12.1 Å². The number of hydrogen-bond donors (Lipinski definition) is 1. The molecular weight excluding hydrogens is 394 g/mol. The van der Waals surface area contributed by atoms with Crippen LogP contribution in [0.25, 0.3) is 0 Å². The third-order valence-electron chi connectivity index (χ3n) is 4.54. The Labute approximate surface area is 170 Å². The predicted molar refractivity (Wildman–Crippen MR) is 107 cm³/mol. The van der Waals surface area contributed by atoms with E-state index in [1.807, 2.05) is 12.1 Å². The summed E-state index contributed by atoms with van der Waals surface area (Å²) in [5.41, 5.74) is 1.62. The van der Waals surface area contributed by atoms with Crippen LogP contribution in [0.4, 0.5) is 5.69 Å². The van der Waals surface area contributed by atoms with Gasteiger partial charge in [0.25, 0.3) is 10.0 Å². The van der Waals surface area contributed by atoms with Gasteiger partial charge >= 0.3 is 11.9 Å². The Kier molecular flexibility index (Phi) is 6.53. The fourth-order valence-corrected chi connectivity index (χ4v) is 4.01. The third kappa shape index (κ3) is 5.35. The molecule has 0 aromatic heterocycles. The summed E-state index contributed by atoms with van der Waals surface area (Å²) >= 11 is 0. The summed E-state index contributed by atoms with van der Waals surface area (Å²) in [5, 5.41) is 0. The molecule has 3 rings (SSSR count). The number of hydrogen-bond acceptors (Lipinski definition) is 6. The lowest BCUT2D eigenvalue weighted by Crippen LogP contribution is -2.23. The van der Waals surface area contributed by atoms with Gasteiger partial charge in [-0.25, -0.2) is 18.0 Å². The lowest BCUT2D eigenvalue weighted by Gasteiger charge is -2.11. The van der Waals surface area contributed by atoms with E-state index >= 15 is 0 Å². The fraction of sp³-hybridized carbons (Fsp3) is 0.333. The van der Waals surface area contributed by atoms with Crippen molar-refractivity contribution in [3.63, 3.8) is 0 Å². The Hall–Kier alpha value is -2.87. The number of anilines is 1. The highest BCUT2D eigenvalue weighted by Gasteiger charge is 2.30. The number of carbonyl (C=O) groups excluding carboxylic acids is 2. The first-order valence-corrected chi connectivity index (χ1v) is 11.0. The number of esters is 2. The van der Waals surface area contributed by atoms with Crippen LogP contribution in [0.3, 0.4) is 0 Å². The van der Waals surface area contributed by atoms with Crippen molar-refractivity contribution in [1.29, 1.82) is 0 Å². The van der Waals surface area contributed by atoms with Crippen LogP contribution in [-0.4, -0.2) is 33.1 Å². The van der Waals surface area contributed by atoms with Crippen molar-refractivity contribution in [2.75, 3.05) is 11.3 Å². The van der Waals surface area contributed by atoms with Crippen LogP contribution in [0.1, 0.15) is 42.1 Å². The van der Waals surface area contributed by atoms with Gasteiger partial charge < -0.3 is 9.47 Å². The molecule has 1 aliphatic rings. The van der Waals surface area contributed by atoms with Gasteiger partial charge in [-0.05, 0) is 48.7 Å². The molecule has 1 atom stereocenters. The molecule has 2 aromatic carbocycles. The number of ether oxygens (including phenoxy) is 2. The van der Waals surface area contributed by atoms with Crippen LogP contribution in [-0.2, 0) is 30.7 Å². The van der Waals surface area contributed by atoms with Gasteiger partial charge in [0.15, 0.2) is 0 Å². The Bertz CT molecular complexity index is 984. The molecule has 1 N–H and O–H groups in total. The minimum absolute atomic E-state index is 0.0440. The largest absolute Gasteiger partial charge is 0.463 e. The highest BCUT2D eigenvalue weighted by Crippen LogP contribution is 2.20. The van der Waals surface area contributed by atoms with Gasteiger partial charge in [-0.15, -0.1) is 0 Å². The van der Waals surface area contributed by atoms with E-state index in [-0.39, 0.29) is 17.1 Å². The molecule has 2 aromatic rings. The molecule has 8 heteroatoms. The Balaban J connectivity index is 1.71. The molecule has 0 bridgehead atoms. The number of benzene rings is 2. The van der Waals surface area contributed by atoms with E-state index in [4.69, 9.17) is 9.47 Å². The fourth-order valence-electron chi connectivity index (χ4n) is 2.91. The Morgan fingerprint density at radius 2 is 1.97 bits per heavy atom. The molecule has 0 amide bonds. The van der Waals surface area contributed by atoms with Crippen LogP contribution in [0.2, 0.25) is 0 Å². The summed E-state index contributed by atoms with van der Waals surface area (Å²) in [6, 6.07) is 12.7. The van der Waals surface area contributed by atoms with E-state index in [0.717, 1.165) is 24.8 Å². The van der Waals surface area contributed by atoms with Crippen molar-refractivity contribution in [2.45, 2.75) is 43.6 Å². The molecule has 0 aliphatic carbocycles. The van der Waals surface area contributed by atoms with Crippen molar-refractivity contribution in [2.24, 2.45) is 0 Å². The molecule has 1 fully saturated rings. The van der Waals surface area contributed by atoms with E-state index in [0.29, 0.717) is 12.1 Å². The Morgan fingerprint density at radius 3 is 2.62 bits per heavy atom. The molecule has 0 radical (unpaired) electrons. The maximum atomic E-state index is 12.7. The second-order valence-electron chi connectivity index (χ2n) is 6.78. The molecule has 29 heavy (non-hydrogen) atoms. The minimum atomic E-state index is -3.89. The summed E-state index contributed by atoms with van der Waals surface area (Å²) in [6.07, 6.45) is 2.45. The zero-order valence-electron chi connectivity index (χ0n) is 16.1. The molecule has 154 valence electrons. The molecule has 7 nitrogen and oxygen atoms in total. The summed E-state index contributed by atoms with van der Waals surface area (Å²) in [5.74, 6) is -1.36. The number of carbonyl (C=O) groups is 2. The molecule has 1 aliphatic heterocycles. The van der Waals surface area contributed by atoms with Gasteiger partial charge in [0.2, 0.25) is 6.10 Å². The highest BCUT2D eigenvalue weighted by atomic mass is 32.2. The smallest absolute Gasteiger partial charge is 0.347 e. The maximum absolute atomic E-state index is 12.7. The first-order chi connectivity index (χ1) is 13.9. The highest BCUT2D eigenvalue weighted by molar-refractivity contribution is 7.92. The molecule has 0 spiro atoms. The second-order valence-corrected chi connectivity index (χ2v) is 8.47. The number of cyclic esters (lactones) is 1. The van der Waals surface area contributed by atoms with E-state index in [2.05, 4.69) is 11.6 Å². The molecule has 0 unspecified atom stereocenters. The van der Waals surface area contributed by atoms with Crippen molar-refractivity contribution in [1.82, 2.24) is 0 Å². The van der Waals surface area contributed by atoms with Crippen molar-refractivity contribution in [3.8, 4) is 0 Å². The van der Waals surface area contributed by atoms with Gasteiger partial charge in [-0.1, -0.05) is 31.5 Å². The maximum Gasteiger partial charge on any atom is 0.347 e. The van der Waals surface area contributed by atoms with Gasteiger partial charge in [0.05, 0.1) is 17.1 Å². The normalized spacial score (nSPS) is 16.3. The lowest BCUT2D eigenvalue weighted by atomic mass is 10.1. The van der Waals surface area contributed by atoms with E-state index in [1.54, 1.807) is 12.1 Å². The third-order valence-corrected chi connectivity index (χ3v) is 5.92. The predicted octanol–water partition coefficient (Wildman–Crippen LogP) is 3.30. The average molecular weight is 417 g/mol. The van der Waals surface area contributed by atoms with E-state index < -0.39 is 28.1 Å². The van der Waals surface area contributed by atoms with Gasteiger partial charge in [-0.2, -0.15) is 0 Å². The first-order valence-electron chi connectivity index (χ1n) is 9.48. The number of aryl methyl sites for hydroxylation is 1. The van der Waals surface area contributed by atoms with Crippen LogP contribution < -0.4 is 4.72 Å². The second kappa shape index (κ2) is 9.09. The first kappa shape index (κ1) is 20.9. The van der Waals surface area contributed by atoms with E-state index in [9.17, 15) is 18.0 Å². The molecular formula is C21H23NO6S. The number of rotatable bonds is 8. The topological polar surface area (TPSA) is 98.8 Å². The average Bonchev–Trinajstić information content (AvgIpc) is 3.12. The Morgan fingerprint density at radius 1 is 1.21 bits per heavy atom. The zero-order valence-corrected chi connectivity index (χ0v) is 16.9. The number of sulfonamides is 1. The van der Waals surface area contributed by atoms with Crippen LogP contribution in [0.5, 0.6) is 0 Å². The van der Waals surface area contributed by atoms with Crippen LogP contribution in [0.15, 0.2) is 53.4 Å². The number of nitrogens with one attached hydrogen (secondary N) is 1. The van der Waals surface area contributed by atoms with Crippen molar-refractivity contribution < 1.29 is 27.5 Å². The van der Waals surface area contributed by atoms with Crippen molar-refractivity contribution >= 4 is 27.6 Å².